The third kappa shape index (κ3) is 11.0. The van der Waals surface area contributed by atoms with E-state index in [0.717, 1.165) is 58.3 Å². The van der Waals surface area contributed by atoms with Gasteiger partial charge in [-0.05, 0) is 39.3 Å². The van der Waals surface area contributed by atoms with Crippen LogP contribution in [0.4, 0.5) is 0 Å². The largest absolute Gasteiger partial charge is 0.377 e. The Kier molecular flexibility index (Phi) is 12.0. The molecule has 0 N–H and O–H groups in total. The summed E-state index contributed by atoms with van der Waals surface area (Å²) in [4.78, 5) is 14.5. The Labute approximate surface area is 119 Å². The van der Waals surface area contributed by atoms with Gasteiger partial charge in [0.25, 0.3) is 0 Å². The minimum Gasteiger partial charge on any atom is -0.377 e. The first-order valence-electron chi connectivity index (χ1n) is 7.59. The van der Waals surface area contributed by atoms with Crippen molar-refractivity contribution in [1.82, 2.24) is 9.80 Å². The van der Waals surface area contributed by atoms with Crippen LogP contribution in [0.5, 0.6) is 0 Å². The Bertz CT molecular complexity index is 212. The summed E-state index contributed by atoms with van der Waals surface area (Å²) in [5.74, 6) is 0. The van der Waals surface area contributed by atoms with Crippen molar-refractivity contribution >= 4 is 6.41 Å². The summed E-state index contributed by atoms with van der Waals surface area (Å²) < 4.78 is 5.97. The number of carbonyl (C=O) groups is 1. The Morgan fingerprint density at radius 3 is 2.37 bits per heavy atom. The summed E-state index contributed by atoms with van der Waals surface area (Å²) in [6.45, 7) is 8.15. The summed E-state index contributed by atoms with van der Waals surface area (Å²) >= 11 is 0. The standard InChI is InChI=1S/C15H32N2O2/c1-5-8-15(9-7-11-17(4)14-18)19-13-12-16(3)10-6-2/h14-15H,5-13H2,1-4H3. The second-order valence-electron chi connectivity index (χ2n) is 5.31. The zero-order valence-electron chi connectivity index (χ0n) is 13.2. The average Bonchev–Trinajstić information content (AvgIpc) is 2.38. The lowest BCUT2D eigenvalue weighted by Crippen LogP contribution is -2.27. The van der Waals surface area contributed by atoms with Crippen molar-refractivity contribution in [1.29, 1.82) is 0 Å². The molecule has 1 amide bonds. The van der Waals surface area contributed by atoms with Crippen LogP contribution < -0.4 is 0 Å². The van der Waals surface area contributed by atoms with Crippen molar-refractivity contribution in [3.8, 4) is 0 Å². The molecule has 0 bridgehead atoms. The highest BCUT2D eigenvalue weighted by molar-refractivity contribution is 5.46. The second-order valence-corrected chi connectivity index (χ2v) is 5.31. The van der Waals surface area contributed by atoms with Gasteiger partial charge in [0.05, 0.1) is 12.7 Å². The molecule has 1 atom stereocenters. The fraction of sp³-hybridized carbons (Fsp3) is 0.933. The first kappa shape index (κ1) is 18.4. The molecule has 0 spiro atoms. The zero-order chi connectivity index (χ0) is 14.5. The molecule has 4 heteroatoms. The highest BCUT2D eigenvalue weighted by Gasteiger charge is 2.09. The molecule has 0 aromatic heterocycles. The maximum Gasteiger partial charge on any atom is 0.209 e. The van der Waals surface area contributed by atoms with Crippen LogP contribution in [0.25, 0.3) is 0 Å². The predicted octanol–water partition coefficient (Wildman–Crippen LogP) is 2.38. The van der Waals surface area contributed by atoms with E-state index in [4.69, 9.17) is 4.74 Å². The molecule has 114 valence electrons. The van der Waals surface area contributed by atoms with Crippen molar-refractivity contribution in [2.75, 3.05) is 40.3 Å². The zero-order valence-corrected chi connectivity index (χ0v) is 13.2. The molecular formula is C15H32N2O2. The lowest BCUT2D eigenvalue weighted by molar-refractivity contribution is -0.117. The molecule has 0 aliphatic heterocycles. The maximum absolute atomic E-state index is 10.5. The number of ether oxygens (including phenoxy) is 1. The van der Waals surface area contributed by atoms with Crippen LogP contribution in [-0.4, -0.2) is 62.7 Å². The van der Waals surface area contributed by atoms with Gasteiger partial charge in [-0.2, -0.15) is 0 Å². The molecule has 0 radical (unpaired) electrons. The van der Waals surface area contributed by atoms with Crippen LogP contribution in [0, 0.1) is 0 Å². The average molecular weight is 272 g/mol. The van der Waals surface area contributed by atoms with Crippen molar-refractivity contribution in [2.45, 2.75) is 52.1 Å². The Morgan fingerprint density at radius 2 is 1.79 bits per heavy atom. The quantitative estimate of drug-likeness (QED) is 0.483. The van der Waals surface area contributed by atoms with Crippen LogP contribution >= 0.6 is 0 Å². The number of hydrogen-bond donors (Lipinski definition) is 0. The number of nitrogens with zero attached hydrogens (tertiary/aromatic N) is 2. The fourth-order valence-corrected chi connectivity index (χ4v) is 2.12. The first-order valence-corrected chi connectivity index (χ1v) is 7.59. The van der Waals surface area contributed by atoms with Crippen molar-refractivity contribution in [3.63, 3.8) is 0 Å². The van der Waals surface area contributed by atoms with Gasteiger partial charge in [-0.3, -0.25) is 4.79 Å². The summed E-state index contributed by atoms with van der Waals surface area (Å²) in [5.41, 5.74) is 0. The maximum atomic E-state index is 10.5. The van der Waals surface area contributed by atoms with Crippen molar-refractivity contribution in [3.05, 3.63) is 0 Å². The molecule has 0 saturated carbocycles. The second kappa shape index (κ2) is 12.4. The first-order chi connectivity index (χ1) is 9.13. The Hall–Kier alpha value is -0.610. The lowest BCUT2D eigenvalue weighted by atomic mass is 10.1. The number of likely N-dealkylation sites (N-methyl/N-ethyl adjacent to an activating group) is 1. The van der Waals surface area contributed by atoms with Crippen LogP contribution in [0.3, 0.4) is 0 Å². The summed E-state index contributed by atoms with van der Waals surface area (Å²) in [7, 11) is 3.96. The number of hydrogen-bond acceptors (Lipinski definition) is 3. The van der Waals surface area contributed by atoms with Gasteiger partial charge < -0.3 is 14.5 Å². The minimum absolute atomic E-state index is 0.347. The van der Waals surface area contributed by atoms with Gasteiger partial charge in [0.1, 0.15) is 0 Å². The van der Waals surface area contributed by atoms with Gasteiger partial charge in [-0.1, -0.05) is 20.3 Å². The normalized spacial score (nSPS) is 12.7. The highest BCUT2D eigenvalue weighted by atomic mass is 16.5. The topological polar surface area (TPSA) is 32.8 Å². The van der Waals surface area contributed by atoms with E-state index in [9.17, 15) is 4.79 Å². The minimum atomic E-state index is 0.347. The third-order valence-electron chi connectivity index (χ3n) is 3.26. The van der Waals surface area contributed by atoms with Gasteiger partial charge >= 0.3 is 0 Å². The van der Waals surface area contributed by atoms with Crippen LogP contribution in [0.1, 0.15) is 46.0 Å². The lowest BCUT2D eigenvalue weighted by Gasteiger charge is -2.21. The van der Waals surface area contributed by atoms with E-state index >= 15 is 0 Å². The van der Waals surface area contributed by atoms with Crippen molar-refractivity contribution in [2.24, 2.45) is 0 Å². The van der Waals surface area contributed by atoms with E-state index in [0.29, 0.717) is 6.10 Å². The monoisotopic (exact) mass is 272 g/mol. The van der Waals surface area contributed by atoms with E-state index in [2.05, 4.69) is 25.8 Å². The van der Waals surface area contributed by atoms with Crippen LogP contribution in [-0.2, 0) is 9.53 Å². The molecule has 0 heterocycles. The number of rotatable bonds is 13. The number of amides is 1. The molecule has 0 aliphatic carbocycles. The van der Waals surface area contributed by atoms with Gasteiger partial charge in [-0.15, -0.1) is 0 Å². The molecular weight excluding hydrogens is 240 g/mol. The van der Waals surface area contributed by atoms with Crippen LogP contribution in [0.2, 0.25) is 0 Å². The molecule has 0 fully saturated rings. The molecule has 0 rings (SSSR count). The molecule has 0 aromatic rings. The summed E-state index contributed by atoms with van der Waals surface area (Å²) in [5, 5.41) is 0. The third-order valence-corrected chi connectivity index (χ3v) is 3.26. The van der Waals surface area contributed by atoms with Gasteiger partial charge in [0, 0.05) is 20.1 Å². The van der Waals surface area contributed by atoms with E-state index in [1.807, 2.05) is 7.05 Å². The van der Waals surface area contributed by atoms with E-state index in [-0.39, 0.29) is 0 Å². The summed E-state index contributed by atoms with van der Waals surface area (Å²) in [6, 6.07) is 0. The van der Waals surface area contributed by atoms with Crippen LogP contribution in [0.15, 0.2) is 0 Å². The molecule has 1 unspecified atom stereocenters. The Morgan fingerprint density at radius 1 is 1.05 bits per heavy atom. The highest BCUT2D eigenvalue weighted by Crippen LogP contribution is 2.10. The molecule has 0 aliphatic rings. The molecule has 0 aromatic carbocycles. The SMILES string of the molecule is CCCC(CCCN(C)C=O)OCCN(C)CCC. The molecule has 0 saturated heterocycles. The summed E-state index contributed by atoms with van der Waals surface area (Å²) in [6.07, 6.45) is 6.75. The van der Waals surface area contributed by atoms with E-state index in [1.54, 1.807) is 4.90 Å². The smallest absolute Gasteiger partial charge is 0.209 e. The predicted molar refractivity (Wildman–Crippen MR) is 80.4 cm³/mol. The Balaban J connectivity index is 3.75. The van der Waals surface area contributed by atoms with Gasteiger partial charge in [-0.25, -0.2) is 0 Å². The van der Waals surface area contributed by atoms with E-state index in [1.165, 1.54) is 6.42 Å². The van der Waals surface area contributed by atoms with Gasteiger partial charge in [0.2, 0.25) is 6.41 Å². The van der Waals surface area contributed by atoms with E-state index < -0.39 is 0 Å². The number of carbonyl (C=O) groups excluding carboxylic acids is 1. The van der Waals surface area contributed by atoms with Gasteiger partial charge in [0.15, 0.2) is 0 Å². The van der Waals surface area contributed by atoms with Crippen molar-refractivity contribution < 1.29 is 9.53 Å². The molecule has 4 nitrogen and oxygen atoms in total. The molecule has 19 heavy (non-hydrogen) atoms. The fourth-order valence-electron chi connectivity index (χ4n) is 2.12.